The lowest BCUT2D eigenvalue weighted by Gasteiger charge is -2.40. The summed E-state index contributed by atoms with van der Waals surface area (Å²) in [6, 6.07) is 5.23. The van der Waals surface area contributed by atoms with Crippen molar-refractivity contribution in [1.82, 2.24) is 14.8 Å². The molecule has 1 aliphatic carbocycles. The Balaban J connectivity index is 1.58. The van der Waals surface area contributed by atoms with Crippen LogP contribution in [0.2, 0.25) is 0 Å². The lowest BCUT2D eigenvalue weighted by atomic mass is 9.79. The minimum Gasteiger partial charge on any atom is -0.384 e. The molecule has 1 saturated carbocycles. The number of ether oxygens (including phenoxy) is 1. The number of alkyl halides is 3. The molecule has 7 nitrogen and oxygen atoms in total. The summed E-state index contributed by atoms with van der Waals surface area (Å²) in [4.78, 5) is 28.8. The number of carbonyl (C=O) groups excluding carboxylic acids is 1. The van der Waals surface area contributed by atoms with Crippen molar-refractivity contribution in [3.05, 3.63) is 63.1 Å². The van der Waals surface area contributed by atoms with Crippen LogP contribution in [0.3, 0.4) is 0 Å². The van der Waals surface area contributed by atoms with Gasteiger partial charge in [0.25, 0.3) is 11.5 Å². The Labute approximate surface area is 221 Å². The predicted octanol–water partition coefficient (Wildman–Crippen LogP) is 4.77. The summed E-state index contributed by atoms with van der Waals surface area (Å²) in [6.07, 6.45) is 0.514. The number of amides is 1. The molecule has 2 aliphatic rings. The predicted molar refractivity (Wildman–Crippen MR) is 141 cm³/mol. The number of aromatic nitrogens is 1. The van der Waals surface area contributed by atoms with Crippen LogP contribution < -0.4 is 16.2 Å². The fraction of sp³-hybridized carbons (Fsp3) is 0.571. The molecule has 1 amide bonds. The van der Waals surface area contributed by atoms with Crippen molar-refractivity contribution in [2.75, 3.05) is 39.2 Å². The third-order valence-electron chi connectivity index (χ3n) is 7.93. The molecule has 0 unspecified atom stereocenters. The second-order valence-electron chi connectivity index (χ2n) is 10.7. The largest absolute Gasteiger partial charge is 0.416 e. The zero-order valence-electron chi connectivity index (χ0n) is 22.4. The van der Waals surface area contributed by atoms with Crippen molar-refractivity contribution in [3.8, 4) is 0 Å². The Kier molecular flexibility index (Phi) is 8.52. The summed E-state index contributed by atoms with van der Waals surface area (Å²) in [6.45, 7) is 4.79. The van der Waals surface area contributed by atoms with Crippen molar-refractivity contribution < 1.29 is 22.7 Å². The van der Waals surface area contributed by atoms with Crippen LogP contribution in [-0.2, 0) is 10.9 Å². The van der Waals surface area contributed by atoms with Crippen LogP contribution in [0.15, 0.2) is 35.3 Å². The van der Waals surface area contributed by atoms with Crippen LogP contribution in [-0.4, -0.2) is 55.3 Å². The summed E-state index contributed by atoms with van der Waals surface area (Å²) < 4.78 is 47.4. The molecule has 0 radical (unpaired) electrons. The Hall–Kier alpha value is -2.85. The molecule has 2 aromatic rings. The number of hydrogen-bond donors (Lipinski definition) is 2. The van der Waals surface area contributed by atoms with E-state index in [0.717, 1.165) is 18.9 Å². The quantitative estimate of drug-likeness (QED) is 0.511. The molecule has 0 bridgehead atoms. The van der Waals surface area contributed by atoms with Crippen molar-refractivity contribution in [2.24, 2.45) is 5.92 Å². The first-order valence-corrected chi connectivity index (χ1v) is 13.2. The van der Waals surface area contributed by atoms with Crippen LogP contribution >= 0.6 is 0 Å². The normalized spacial score (nSPS) is 21.2. The van der Waals surface area contributed by atoms with E-state index >= 15 is 0 Å². The smallest absolute Gasteiger partial charge is 0.384 e. The summed E-state index contributed by atoms with van der Waals surface area (Å²) >= 11 is 0. The zero-order chi connectivity index (χ0) is 27.6. The first-order valence-electron chi connectivity index (χ1n) is 13.2. The average Bonchev–Trinajstić information content (AvgIpc) is 2.82. The Morgan fingerprint density at radius 3 is 2.53 bits per heavy atom. The highest BCUT2D eigenvalue weighted by molar-refractivity contribution is 5.99. The minimum absolute atomic E-state index is 0.0764. The number of nitrogens with zero attached hydrogens (tertiary/aromatic N) is 2. The molecule has 1 aromatic carbocycles. The summed E-state index contributed by atoms with van der Waals surface area (Å²) in [5.74, 6) is -0.0136. The summed E-state index contributed by atoms with van der Waals surface area (Å²) in [7, 11) is 4.11. The topological polar surface area (TPSA) is 75.6 Å². The highest BCUT2D eigenvalue weighted by Crippen LogP contribution is 2.35. The molecule has 208 valence electrons. The molecule has 1 saturated heterocycles. The van der Waals surface area contributed by atoms with Crippen molar-refractivity contribution in [3.63, 3.8) is 0 Å². The molecular formula is C28H37F3N4O3. The number of pyridine rings is 1. The van der Waals surface area contributed by atoms with E-state index in [4.69, 9.17) is 4.74 Å². The molecule has 2 N–H and O–H groups in total. The number of benzene rings is 1. The number of anilines is 1. The van der Waals surface area contributed by atoms with E-state index < -0.39 is 23.7 Å². The molecule has 0 spiro atoms. The van der Waals surface area contributed by atoms with Gasteiger partial charge >= 0.3 is 6.18 Å². The molecule has 1 aromatic heterocycles. The van der Waals surface area contributed by atoms with E-state index in [9.17, 15) is 22.8 Å². The maximum absolute atomic E-state index is 13.5. The van der Waals surface area contributed by atoms with Crippen LogP contribution in [0.25, 0.3) is 0 Å². The highest BCUT2D eigenvalue weighted by atomic mass is 19.4. The molecule has 1 aliphatic heterocycles. The fourth-order valence-electron chi connectivity index (χ4n) is 5.45. The third kappa shape index (κ3) is 6.23. The molecule has 2 heterocycles. The van der Waals surface area contributed by atoms with E-state index in [1.54, 1.807) is 23.8 Å². The fourth-order valence-corrected chi connectivity index (χ4v) is 5.45. The van der Waals surface area contributed by atoms with Gasteiger partial charge in [0.1, 0.15) is 0 Å². The molecule has 2 fully saturated rings. The van der Waals surface area contributed by atoms with E-state index in [1.807, 2.05) is 0 Å². The third-order valence-corrected chi connectivity index (χ3v) is 7.93. The molecule has 10 heteroatoms. The summed E-state index contributed by atoms with van der Waals surface area (Å²) in [5, 5.41) is 6.18. The maximum atomic E-state index is 13.5. The van der Waals surface area contributed by atoms with E-state index in [-0.39, 0.29) is 17.2 Å². The first-order chi connectivity index (χ1) is 18.0. The number of halogens is 3. The second-order valence-corrected chi connectivity index (χ2v) is 10.7. The van der Waals surface area contributed by atoms with Gasteiger partial charge in [-0.2, -0.15) is 13.2 Å². The van der Waals surface area contributed by atoms with Gasteiger partial charge in [0, 0.05) is 44.1 Å². The van der Waals surface area contributed by atoms with Crippen molar-refractivity contribution >= 4 is 11.6 Å². The Morgan fingerprint density at radius 1 is 1.21 bits per heavy atom. The van der Waals surface area contributed by atoms with Crippen LogP contribution in [0.4, 0.5) is 18.9 Å². The Morgan fingerprint density at radius 2 is 1.89 bits per heavy atom. The SMILES string of the molecule is Cc1c([C@@H](C)NC(=O)c2cn(C3CCOCC3)c(=O)cc2NC[C@H]2C[C@@H](N(C)C)C2)cccc1C(F)(F)F. The van der Waals surface area contributed by atoms with Crippen LogP contribution in [0.1, 0.15) is 71.7 Å². The van der Waals surface area contributed by atoms with Gasteiger partial charge in [0.15, 0.2) is 0 Å². The van der Waals surface area contributed by atoms with Gasteiger partial charge in [-0.05, 0) is 76.7 Å². The number of hydrogen-bond acceptors (Lipinski definition) is 5. The van der Waals surface area contributed by atoms with Gasteiger partial charge < -0.3 is 24.8 Å². The average molecular weight is 535 g/mol. The summed E-state index contributed by atoms with van der Waals surface area (Å²) in [5.41, 5.74) is 0.303. The monoisotopic (exact) mass is 534 g/mol. The van der Waals surface area contributed by atoms with Gasteiger partial charge in [-0.1, -0.05) is 12.1 Å². The standard InChI is InChI=1S/C28H37F3N4O3/c1-17-22(6-5-7-24(17)28(29,30)31)18(2)33-27(37)23-16-35(20-8-10-38-11-9-20)26(36)14-25(23)32-15-19-12-21(13-19)34(3)4/h5-7,14,16,18-21,32H,8-13,15H2,1-4H3,(H,33,37)/t18-,19-,21+/m1/s1. The molecule has 1 atom stereocenters. The molecule has 38 heavy (non-hydrogen) atoms. The van der Waals surface area contributed by atoms with Crippen molar-refractivity contribution in [1.29, 1.82) is 0 Å². The number of carbonyl (C=O) groups is 1. The molecular weight excluding hydrogens is 497 g/mol. The first kappa shape index (κ1) is 28.2. The number of rotatable bonds is 8. The number of nitrogens with one attached hydrogen (secondary N) is 2. The van der Waals surface area contributed by atoms with E-state index in [2.05, 4.69) is 29.6 Å². The van der Waals surface area contributed by atoms with Gasteiger partial charge in [-0.3, -0.25) is 9.59 Å². The molecule has 4 rings (SSSR count). The lowest BCUT2D eigenvalue weighted by Crippen LogP contribution is -2.43. The zero-order valence-corrected chi connectivity index (χ0v) is 22.4. The van der Waals surface area contributed by atoms with E-state index in [0.29, 0.717) is 61.4 Å². The lowest BCUT2D eigenvalue weighted by molar-refractivity contribution is -0.138. The van der Waals surface area contributed by atoms with Crippen molar-refractivity contribution in [2.45, 2.75) is 63.8 Å². The van der Waals surface area contributed by atoms with Crippen LogP contribution in [0.5, 0.6) is 0 Å². The maximum Gasteiger partial charge on any atom is 0.416 e. The second kappa shape index (κ2) is 11.5. The van der Waals surface area contributed by atoms with E-state index in [1.165, 1.54) is 19.1 Å². The highest BCUT2D eigenvalue weighted by Gasteiger charge is 2.34. The minimum atomic E-state index is -4.48. The van der Waals surface area contributed by atoms with Gasteiger partial charge in [-0.25, -0.2) is 0 Å². The Bertz CT molecular complexity index is 1200. The van der Waals surface area contributed by atoms with Crippen LogP contribution in [0, 0.1) is 12.8 Å². The van der Waals surface area contributed by atoms with Gasteiger partial charge in [-0.15, -0.1) is 0 Å². The van der Waals surface area contributed by atoms with Gasteiger partial charge in [0.2, 0.25) is 0 Å². The van der Waals surface area contributed by atoms with Gasteiger partial charge in [0.05, 0.1) is 22.9 Å².